The van der Waals surface area contributed by atoms with Crippen molar-refractivity contribution in [3.8, 4) is 5.75 Å². The van der Waals surface area contributed by atoms with E-state index in [-0.39, 0.29) is 11.3 Å². The van der Waals surface area contributed by atoms with Gasteiger partial charge in [0.1, 0.15) is 11.4 Å². The Kier molecular flexibility index (Phi) is 5.15. The van der Waals surface area contributed by atoms with E-state index in [1.807, 2.05) is 0 Å². The second-order valence-corrected chi connectivity index (χ2v) is 4.56. The topological polar surface area (TPSA) is 34.2 Å². The Bertz CT molecular complexity index is 708. The highest BCUT2D eigenvalue weighted by molar-refractivity contribution is 5.47. The molecule has 0 spiro atoms. The van der Waals surface area contributed by atoms with Gasteiger partial charge in [0.2, 0.25) is 11.6 Å². The standard InChI is InChI=1S/C14H9F7N2O/c15-9-11(10(16)13(18)23-12(9)17)22-5-7-3-1-2-4-8(7)24-6-14(19,20)21/h1-4H,5-6H2,(H,22,23). The summed E-state index contributed by atoms with van der Waals surface area (Å²) >= 11 is 0. The Morgan fingerprint density at radius 2 is 1.54 bits per heavy atom. The van der Waals surface area contributed by atoms with Crippen molar-refractivity contribution >= 4 is 5.69 Å². The third-order valence-corrected chi connectivity index (χ3v) is 2.82. The largest absolute Gasteiger partial charge is 0.484 e. The molecule has 0 atom stereocenters. The predicted octanol–water partition coefficient (Wildman–Crippen LogP) is 4.19. The van der Waals surface area contributed by atoms with Crippen molar-refractivity contribution in [1.29, 1.82) is 0 Å². The second kappa shape index (κ2) is 6.93. The van der Waals surface area contributed by atoms with Crippen LogP contribution in [-0.2, 0) is 6.54 Å². The average Bonchev–Trinajstić information content (AvgIpc) is 2.51. The number of ether oxygens (including phenoxy) is 1. The maximum absolute atomic E-state index is 13.5. The van der Waals surface area contributed by atoms with Gasteiger partial charge in [-0.1, -0.05) is 18.2 Å². The minimum Gasteiger partial charge on any atom is -0.484 e. The maximum Gasteiger partial charge on any atom is 0.422 e. The van der Waals surface area contributed by atoms with Crippen LogP contribution in [0.15, 0.2) is 24.3 Å². The smallest absolute Gasteiger partial charge is 0.422 e. The minimum absolute atomic E-state index is 0.0955. The van der Waals surface area contributed by atoms with Crippen LogP contribution in [0.3, 0.4) is 0 Å². The number of aromatic nitrogens is 1. The molecule has 0 saturated carbocycles. The highest BCUT2D eigenvalue weighted by atomic mass is 19.4. The molecule has 0 saturated heterocycles. The third-order valence-electron chi connectivity index (χ3n) is 2.82. The van der Waals surface area contributed by atoms with Crippen LogP contribution in [0.25, 0.3) is 0 Å². The third kappa shape index (κ3) is 4.27. The van der Waals surface area contributed by atoms with Gasteiger partial charge in [-0.3, -0.25) is 0 Å². The van der Waals surface area contributed by atoms with Crippen LogP contribution >= 0.6 is 0 Å². The van der Waals surface area contributed by atoms with Crippen LogP contribution in [0.4, 0.5) is 36.4 Å². The SMILES string of the molecule is Fc1nc(F)c(F)c(NCc2ccccc2OCC(F)(F)F)c1F. The van der Waals surface area contributed by atoms with E-state index in [4.69, 9.17) is 0 Å². The van der Waals surface area contributed by atoms with Gasteiger partial charge < -0.3 is 10.1 Å². The molecule has 0 amide bonds. The van der Waals surface area contributed by atoms with Gasteiger partial charge in [-0.25, -0.2) is 0 Å². The van der Waals surface area contributed by atoms with Crippen LogP contribution in [-0.4, -0.2) is 17.8 Å². The lowest BCUT2D eigenvalue weighted by Gasteiger charge is -2.14. The van der Waals surface area contributed by atoms with Gasteiger partial charge in [-0.2, -0.15) is 35.7 Å². The van der Waals surface area contributed by atoms with Crippen molar-refractivity contribution in [2.24, 2.45) is 0 Å². The first-order chi connectivity index (χ1) is 11.2. The number of hydrogen-bond donors (Lipinski definition) is 1. The van der Waals surface area contributed by atoms with E-state index in [1.54, 1.807) is 0 Å². The molecule has 24 heavy (non-hydrogen) atoms. The molecular weight excluding hydrogens is 345 g/mol. The fraction of sp³-hybridized carbons (Fsp3) is 0.214. The fourth-order valence-electron chi connectivity index (χ4n) is 1.78. The second-order valence-electron chi connectivity index (χ2n) is 4.56. The summed E-state index contributed by atoms with van der Waals surface area (Å²) in [6.07, 6.45) is -4.57. The average molecular weight is 354 g/mol. The zero-order valence-corrected chi connectivity index (χ0v) is 11.7. The van der Waals surface area contributed by atoms with E-state index in [1.165, 1.54) is 24.3 Å². The summed E-state index contributed by atoms with van der Waals surface area (Å²) in [6, 6.07) is 5.37. The van der Waals surface area contributed by atoms with Crippen molar-refractivity contribution < 1.29 is 35.5 Å². The van der Waals surface area contributed by atoms with E-state index in [0.29, 0.717) is 0 Å². The summed E-state index contributed by atoms with van der Waals surface area (Å²) in [4.78, 5) is 2.39. The monoisotopic (exact) mass is 354 g/mol. The van der Waals surface area contributed by atoms with Crippen LogP contribution in [0.5, 0.6) is 5.75 Å². The van der Waals surface area contributed by atoms with Crippen molar-refractivity contribution in [3.63, 3.8) is 0 Å². The van der Waals surface area contributed by atoms with Gasteiger partial charge in [0, 0.05) is 12.1 Å². The lowest BCUT2D eigenvalue weighted by atomic mass is 10.2. The quantitative estimate of drug-likeness (QED) is 0.646. The number of nitrogens with one attached hydrogen (secondary N) is 1. The Morgan fingerprint density at radius 3 is 2.12 bits per heavy atom. The zero-order valence-electron chi connectivity index (χ0n) is 11.7. The first kappa shape index (κ1) is 17.8. The molecule has 1 aromatic carbocycles. The predicted molar refractivity (Wildman–Crippen MR) is 69.4 cm³/mol. The van der Waals surface area contributed by atoms with Gasteiger partial charge in [0.15, 0.2) is 6.61 Å². The molecule has 1 aromatic heterocycles. The van der Waals surface area contributed by atoms with Crippen molar-refractivity contribution in [1.82, 2.24) is 4.98 Å². The molecule has 0 bridgehead atoms. The first-order valence-corrected chi connectivity index (χ1v) is 6.40. The molecule has 2 aromatic rings. The lowest BCUT2D eigenvalue weighted by molar-refractivity contribution is -0.153. The summed E-state index contributed by atoms with van der Waals surface area (Å²) in [5.41, 5.74) is -1.02. The van der Waals surface area contributed by atoms with Gasteiger partial charge in [0.05, 0.1) is 0 Å². The fourth-order valence-corrected chi connectivity index (χ4v) is 1.78. The molecule has 0 radical (unpaired) electrons. The van der Waals surface area contributed by atoms with Crippen LogP contribution in [0.1, 0.15) is 5.56 Å². The van der Waals surface area contributed by atoms with E-state index in [0.717, 1.165) is 0 Å². The summed E-state index contributed by atoms with van der Waals surface area (Å²) in [5.74, 6) is -7.39. The molecule has 0 fully saturated rings. The molecule has 130 valence electrons. The summed E-state index contributed by atoms with van der Waals surface area (Å²) in [6.45, 7) is -2.00. The van der Waals surface area contributed by atoms with Crippen molar-refractivity contribution in [3.05, 3.63) is 53.4 Å². The zero-order chi connectivity index (χ0) is 17.9. The number of pyridine rings is 1. The number of rotatable bonds is 5. The summed E-state index contributed by atoms with van der Waals surface area (Å²) in [5, 5.41) is 2.09. The van der Waals surface area contributed by atoms with Crippen molar-refractivity contribution in [2.45, 2.75) is 12.7 Å². The molecule has 10 heteroatoms. The van der Waals surface area contributed by atoms with Crippen LogP contribution in [0, 0.1) is 23.5 Å². The number of nitrogens with zero attached hydrogens (tertiary/aromatic N) is 1. The van der Waals surface area contributed by atoms with E-state index in [2.05, 4.69) is 15.0 Å². The Morgan fingerprint density at radius 1 is 0.958 bits per heavy atom. The molecule has 3 nitrogen and oxygen atoms in total. The minimum atomic E-state index is -4.57. The Balaban J connectivity index is 2.19. The molecule has 0 aliphatic heterocycles. The van der Waals surface area contributed by atoms with Crippen molar-refractivity contribution in [2.75, 3.05) is 11.9 Å². The normalized spacial score (nSPS) is 11.5. The highest BCUT2D eigenvalue weighted by Gasteiger charge is 2.29. The summed E-state index contributed by atoms with van der Waals surface area (Å²) in [7, 11) is 0. The number of halogens is 7. The van der Waals surface area contributed by atoms with Gasteiger partial charge in [0.25, 0.3) is 11.9 Å². The number of anilines is 1. The number of hydrogen-bond acceptors (Lipinski definition) is 3. The Labute approximate surface area is 131 Å². The molecule has 1 N–H and O–H groups in total. The number of para-hydroxylation sites is 1. The van der Waals surface area contributed by atoms with Crippen LogP contribution in [0.2, 0.25) is 0 Å². The van der Waals surface area contributed by atoms with E-state index >= 15 is 0 Å². The molecule has 0 unspecified atom stereocenters. The van der Waals surface area contributed by atoms with Gasteiger partial charge in [-0.15, -0.1) is 0 Å². The molecular formula is C14H9F7N2O. The lowest BCUT2D eigenvalue weighted by Crippen LogP contribution is -2.20. The molecule has 0 aliphatic rings. The van der Waals surface area contributed by atoms with Gasteiger partial charge >= 0.3 is 6.18 Å². The van der Waals surface area contributed by atoms with E-state index in [9.17, 15) is 30.7 Å². The Hall–Kier alpha value is -2.52. The first-order valence-electron chi connectivity index (χ1n) is 6.40. The van der Waals surface area contributed by atoms with Crippen LogP contribution < -0.4 is 10.1 Å². The molecule has 1 heterocycles. The maximum atomic E-state index is 13.5. The molecule has 2 rings (SSSR count). The molecule has 0 aliphatic carbocycles. The number of benzene rings is 1. The highest BCUT2D eigenvalue weighted by Crippen LogP contribution is 2.26. The number of alkyl halides is 3. The van der Waals surface area contributed by atoms with Gasteiger partial charge in [-0.05, 0) is 6.07 Å². The van der Waals surface area contributed by atoms with E-state index < -0.39 is 48.5 Å². The summed E-state index contributed by atoms with van der Waals surface area (Å²) < 4.78 is 94.1.